The Bertz CT molecular complexity index is 1120. The van der Waals surface area contributed by atoms with E-state index >= 15 is 0 Å². The smallest absolute Gasteiger partial charge is 0.137 e. The third kappa shape index (κ3) is 3.57. The van der Waals surface area contributed by atoms with Crippen LogP contribution >= 0.6 is 0 Å². The van der Waals surface area contributed by atoms with Gasteiger partial charge in [-0.1, -0.05) is 18.7 Å². The van der Waals surface area contributed by atoms with Gasteiger partial charge in [0.1, 0.15) is 29.9 Å². The van der Waals surface area contributed by atoms with Gasteiger partial charge in [-0.25, -0.2) is 23.1 Å². The molecule has 146 valence electrons. The Labute approximate surface area is 165 Å². The maximum absolute atomic E-state index is 14.6. The highest BCUT2D eigenvalue weighted by Gasteiger charge is 2.37. The molecule has 1 atom stereocenters. The molecular weight excluding hydrogens is 376 g/mol. The van der Waals surface area contributed by atoms with Crippen LogP contribution in [0.4, 0.5) is 8.78 Å². The van der Waals surface area contributed by atoms with E-state index in [0.717, 1.165) is 17.8 Å². The van der Waals surface area contributed by atoms with E-state index in [1.807, 2.05) is 12.1 Å². The van der Waals surface area contributed by atoms with Crippen LogP contribution in [0.15, 0.2) is 80.2 Å². The minimum absolute atomic E-state index is 0.101. The van der Waals surface area contributed by atoms with E-state index in [1.165, 1.54) is 23.4 Å². The van der Waals surface area contributed by atoms with E-state index in [1.54, 1.807) is 35.3 Å². The van der Waals surface area contributed by atoms with Crippen molar-refractivity contribution in [2.24, 2.45) is 0 Å². The van der Waals surface area contributed by atoms with E-state index in [0.29, 0.717) is 5.56 Å². The molecule has 0 bridgehead atoms. The van der Waals surface area contributed by atoms with Crippen LogP contribution in [0.2, 0.25) is 0 Å². The molecule has 0 saturated heterocycles. The average molecular weight is 393 g/mol. The largest absolute Gasteiger partial charge is 0.378 e. The van der Waals surface area contributed by atoms with E-state index in [-0.39, 0.29) is 17.7 Å². The van der Waals surface area contributed by atoms with Crippen LogP contribution in [0, 0.1) is 11.6 Å². The van der Waals surface area contributed by atoms with Crippen molar-refractivity contribution in [2.75, 3.05) is 0 Å². The molecule has 0 radical (unpaired) electrons. The summed E-state index contributed by atoms with van der Waals surface area (Å²) in [5.74, 6) is -1.61. The molecule has 4 aromatic rings. The van der Waals surface area contributed by atoms with Gasteiger partial charge in [0, 0.05) is 24.0 Å². The first-order chi connectivity index (χ1) is 14.0. The average Bonchev–Trinajstić information content (AvgIpc) is 3.41. The van der Waals surface area contributed by atoms with Crippen molar-refractivity contribution in [3.05, 3.63) is 103 Å². The van der Waals surface area contributed by atoms with Crippen molar-refractivity contribution in [3.8, 4) is 5.69 Å². The molecule has 0 aliphatic heterocycles. The Kier molecular flexibility index (Phi) is 4.77. The van der Waals surface area contributed by atoms with E-state index in [2.05, 4.69) is 21.8 Å². The maximum atomic E-state index is 14.6. The normalized spacial score (nSPS) is 13.2. The number of aliphatic hydroxyl groups is 1. The zero-order chi connectivity index (χ0) is 20.4. The first-order valence-electron chi connectivity index (χ1n) is 8.77. The van der Waals surface area contributed by atoms with Crippen LogP contribution in [0.5, 0.6) is 0 Å². The molecule has 1 unspecified atom stereocenters. The summed E-state index contributed by atoms with van der Waals surface area (Å²) in [6, 6.07) is 12.0. The minimum Gasteiger partial charge on any atom is -0.378 e. The molecule has 0 spiro atoms. The maximum Gasteiger partial charge on any atom is 0.137 e. The number of benzene rings is 2. The van der Waals surface area contributed by atoms with Crippen molar-refractivity contribution in [1.29, 1.82) is 0 Å². The molecule has 0 saturated carbocycles. The van der Waals surface area contributed by atoms with E-state index in [4.69, 9.17) is 0 Å². The molecule has 0 fully saturated rings. The molecule has 2 aromatic carbocycles. The number of aromatic nitrogens is 5. The van der Waals surface area contributed by atoms with Crippen molar-refractivity contribution < 1.29 is 13.9 Å². The molecule has 0 aliphatic rings. The summed E-state index contributed by atoms with van der Waals surface area (Å²) in [5.41, 5.74) is -0.328. The second kappa shape index (κ2) is 7.40. The Hall–Kier alpha value is -3.65. The quantitative estimate of drug-likeness (QED) is 0.546. The predicted octanol–water partition coefficient (Wildman–Crippen LogP) is 3.34. The van der Waals surface area contributed by atoms with Gasteiger partial charge in [-0.05, 0) is 41.5 Å². The Morgan fingerprint density at radius 2 is 1.90 bits per heavy atom. The molecular formula is C21H17F2N5O. The lowest BCUT2D eigenvalue weighted by molar-refractivity contribution is 0.0726. The fourth-order valence-electron chi connectivity index (χ4n) is 3.19. The van der Waals surface area contributed by atoms with Crippen molar-refractivity contribution in [3.63, 3.8) is 0 Å². The highest BCUT2D eigenvalue weighted by atomic mass is 19.1. The lowest BCUT2D eigenvalue weighted by Crippen LogP contribution is -2.34. The van der Waals surface area contributed by atoms with E-state index < -0.39 is 17.2 Å². The summed E-state index contributed by atoms with van der Waals surface area (Å²) >= 11 is 0. The Morgan fingerprint density at radius 3 is 2.52 bits per heavy atom. The Balaban J connectivity index is 1.75. The van der Waals surface area contributed by atoms with Gasteiger partial charge in [0.25, 0.3) is 0 Å². The monoisotopic (exact) mass is 393 g/mol. The van der Waals surface area contributed by atoms with Crippen LogP contribution < -0.4 is 0 Å². The second-order valence-corrected chi connectivity index (χ2v) is 6.55. The van der Waals surface area contributed by atoms with Gasteiger partial charge in [0.05, 0.1) is 12.2 Å². The number of rotatable bonds is 6. The molecule has 6 nitrogen and oxygen atoms in total. The van der Waals surface area contributed by atoms with Gasteiger partial charge in [0.15, 0.2) is 0 Å². The van der Waals surface area contributed by atoms with Crippen molar-refractivity contribution >= 4 is 5.57 Å². The van der Waals surface area contributed by atoms with Gasteiger partial charge in [-0.2, -0.15) is 10.2 Å². The summed E-state index contributed by atoms with van der Waals surface area (Å²) < 4.78 is 31.1. The van der Waals surface area contributed by atoms with Crippen LogP contribution in [0.1, 0.15) is 11.1 Å². The lowest BCUT2D eigenvalue weighted by atomic mass is 9.82. The third-order valence-corrected chi connectivity index (χ3v) is 4.72. The molecule has 2 aromatic heterocycles. The van der Waals surface area contributed by atoms with Gasteiger partial charge >= 0.3 is 0 Å². The minimum atomic E-state index is -1.88. The molecule has 29 heavy (non-hydrogen) atoms. The fraction of sp³-hybridized carbons (Fsp3) is 0.0952. The number of hydrogen-bond acceptors (Lipinski definition) is 4. The summed E-state index contributed by atoms with van der Waals surface area (Å²) in [5, 5.41) is 19.7. The van der Waals surface area contributed by atoms with E-state index in [9.17, 15) is 13.9 Å². The van der Waals surface area contributed by atoms with Crippen LogP contribution in [0.25, 0.3) is 11.3 Å². The summed E-state index contributed by atoms with van der Waals surface area (Å²) in [4.78, 5) is 3.86. The van der Waals surface area contributed by atoms with Gasteiger partial charge < -0.3 is 5.11 Å². The van der Waals surface area contributed by atoms with Gasteiger partial charge in [0.2, 0.25) is 0 Å². The van der Waals surface area contributed by atoms with Crippen molar-refractivity contribution in [1.82, 2.24) is 24.5 Å². The fourth-order valence-corrected chi connectivity index (χ4v) is 3.19. The van der Waals surface area contributed by atoms with Gasteiger partial charge in [-0.15, -0.1) is 0 Å². The zero-order valence-corrected chi connectivity index (χ0v) is 15.3. The lowest BCUT2D eigenvalue weighted by Gasteiger charge is -2.31. The molecule has 4 rings (SSSR count). The molecule has 0 aliphatic carbocycles. The van der Waals surface area contributed by atoms with Crippen LogP contribution in [-0.4, -0.2) is 29.7 Å². The molecule has 8 heteroatoms. The number of halogens is 2. The highest BCUT2D eigenvalue weighted by Crippen LogP contribution is 2.38. The number of nitrogens with zero attached hydrogens (tertiary/aromatic N) is 5. The second-order valence-electron chi connectivity index (χ2n) is 6.55. The standard InChI is InChI=1S/C21H17F2N5O/c1-15(16-3-6-18(7-4-16)28-10-2-9-25-28)21(29,12-27-14-24-13-26-27)19-8-5-17(22)11-20(19)23/h2-11,13-14,29H,1,12H2. The first-order valence-corrected chi connectivity index (χ1v) is 8.77. The molecule has 1 N–H and O–H groups in total. The van der Waals surface area contributed by atoms with Crippen LogP contribution in [-0.2, 0) is 12.1 Å². The topological polar surface area (TPSA) is 68.8 Å². The summed E-state index contributed by atoms with van der Waals surface area (Å²) in [6.45, 7) is 3.87. The van der Waals surface area contributed by atoms with Crippen LogP contribution in [0.3, 0.4) is 0 Å². The van der Waals surface area contributed by atoms with Crippen molar-refractivity contribution in [2.45, 2.75) is 12.1 Å². The van der Waals surface area contributed by atoms with Gasteiger partial charge in [-0.3, -0.25) is 0 Å². The SMILES string of the molecule is C=C(c1ccc(-n2cccn2)cc1)C(O)(Cn1cncn1)c1ccc(F)cc1F. The summed E-state index contributed by atoms with van der Waals surface area (Å²) in [7, 11) is 0. The Morgan fingerprint density at radius 1 is 1.10 bits per heavy atom. The summed E-state index contributed by atoms with van der Waals surface area (Å²) in [6.07, 6.45) is 6.18. The molecule has 2 heterocycles. The predicted molar refractivity (Wildman–Crippen MR) is 103 cm³/mol. The first kappa shape index (κ1) is 18.7. The zero-order valence-electron chi connectivity index (χ0n) is 15.3. The highest BCUT2D eigenvalue weighted by molar-refractivity contribution is 5.72. The molecule has 0 amide bonds. The number of hydrogen-bond donors (Lipinski definition) is 1. The third-order valence-electron chi connectivity index (χ3n) is 4.72.